The maximum absolute atomic E-state index is 12.5. The molecule has 0 bridgehead atoms. The summed E-state index contributed by atoms with van der Waals surface area (Å²) < 4.78 is 29.4. The summed E-state index contributed by atoms with van der Waals surface area (Å²) in [4.78, 5) is 11.9. The predicted molar refractivity (Wildman–Crippen MR) is 137 cm³/mol. The first kappa shape index (κ1) is 26.8. The number of ether oxygens (including phenoxy) is 5. The Hall–Kier alpha value is -1.07. The van der Waals surface area contributed by atoms with Crippen LogP contribution in [0.15, 0.2) is 11.6 Å². The van der Waals surface area contributed by atoms with Gasteiger partial charge in [-0.3, -0.25) is 0 Å². The van der Waals surface area contributed by atoms with Crippen molar-refractivity contribution in [2.45, 2.75) is 120 Å². The Morgan fingerprint density at radius 2 is 1.85 bits per heavy atom. The lowest BCUT2D eigenvalue weighted by atomic mass is 9.43. The maximum atomic E-state index is 12.5. The molecule has 9 heteroatoms. The van der Waals surface area contributed by atoms with E-state index in [1.54, 1.807) is 13.0 Å². The molecule has 6 fully saturated rings. The Kier molecular flexibility index (Phi) is 6.16. The number of epoxide rings is 1. The van der Waals surface area contributed by atoms with Gasteiger partial charge in [0.05, 0.1) is 30.0 Å². The van der Waals surface area contributed by atoms with E-state index < -0.39 is 41.7 Å². The van der Waals surface area contributed by atoms with Crippen molar-refractivity contribution >= 4 is 5.97 Å². The predicted octanol–water partition coefficient (Wildman–Crippen LogP) is 2.10. The molecule has 0 aromatic carbocycles. The van der Waals surface area contributed by atoms with E-state index in [9.17, 15) is 20.1 Å². The summed E-state index contributed by atoms with van der Waals surface area (Å²) in [6.07, 6.45) is 3.98. The van der Waals surface area contributed by atoms with E-state index in [1.807, 2.05) is 0 Å². The first-order valence-electron chi connectivity index (χ1n) is 15.0. The third-order valence-corrected chi connectivity index (χ3v) is 12.6. The minimum Gasteiger partial charge on any atom is -0.458 e. The van der Waals surface area contributed by atoms with Gasteiger partial charge >= 0.3 is 5.97 Å². The second-order valence-corrected chi connectivity index (χ2v) is 14.0. The summed E-state index contributed by atoms with van der Waals surface area (Å²) in [5, 5.41) is 33.6. The van der Waals surface area contributed by atoms with Gasteiger partial charge in [-0.2, -0.15) is 0 Å². The molecule has 3 N–H and O–H groups in total. The van der Waals surface area contributed by atoms with Gasteiger partial charge in [-0.25, -0.2) is 4.79 Å². The molecule has 0 radical (unpaired) electrons. The molecule has 7 rings (SSSR count). The number of cyclic esters (lactones) is 1. The Bertz CT molecular complexity index is 1050. The molecule has 15 atom stereocenters. The van der Waals surface area contributed by atoms with Crippen LogP contribution in [0.3, 0.4) is 0 Å². The van der Waals surface area contributed by atoms with Crippen LogP contribution in [0, 0.1) is 34.5 Å². The monoisotopic (exact) mass is 548 g/mol. The summed E-state index contributed by atoms with van der Waals surface area (Å²) in [5.41, 5.74) is -0.169. The van der Waals surface area contributed by atoms with Crippen molar-refractivity contribution in [2.75, 3.05) is 13.7 Å². The molecule has 3 aliphatic heterocycles. The van der Waals surface area contributed by atoms with E-state index >= 15 is 0 Å². The number of carbonyl (C=O) groups excluding carboxylic acids is 1. The molecule has 218 valence electrons. The topological polar surface area (TPSA) is 127 Å². The van der Waals surface area contributed by atoms with Crippen molar-refractivity contribution in [3.8, 4) is 0 Å². The highest BCUT2D eigenvalue weighted by Gasteiger charge is 2.79. The maximum Gasteiger partial charge on any atom is 0.331 e. The number of hydrogen-bond acceptors (Lipinski definition) is 9. The fourth-order valence-corrected chi connectivity index (χ4v) is 10.4. The zero-order chi connectivity index (χ0) is 27.5. The van der Waals surface area contributed by atoms with Crippen LogP contribution < -0.4 is 0 Å². The highest BCUT2D eigenvalue weighted by atomic mass is 16.7. The lowest BCUT2D eigenvalue weighted by Crippen LogP contribution is -2.65. The van der Waals surface area contributed by atoms with Gasteiger partial charge in [0.1, 0.15) is 24.9 Å². The van der Waals surface area contributed by atoms with Crippen LogP contribution in [0.4, 0.5) is 0 Å². The van der Waals surface area contributed by atoms with Gasteiger partial charge < -0.3 is 39.0 Å². The number of rotatable bonds is 4. The molecule has 4 saturated carbocycles. The molecule has 0 amide bonds. The number of esters is 1. The standard InChI is InChI=1S/C30H44O9/c1-14-22(32)25(35-4)23(33)27(37-14)38-17-7-9-28(2)16(12-17)5-6-19-21(28)24-26(39-24)29(3)18(8-10-30(19,29)34)15-11-20(31)36-13-15/h11,14,16-19,21-27,32-34H,5-10,12-13H2,1-4H3/t14-,16+,17-,18-,19?,21?,22-,23-,24-,25+,26-,27-,28-,29-,30-/m0/s1. The van der Waals surface area contributed by atoms with Crippen molar-refractivity contribution in [1.29, 1.82) is 0 Å². The highest BCUT2D eigenvalue weighted by molar-refractivity contribution is 5.85. The normalized spacial score (nSPS) is 58.0. The van der Waals surface area contributed by atoms with Gasteiger partial charge in [-0.1, -0.05) is 13.8 Å². The number of hydrogen-bond donors (Lipinski definition) is 3. The zero-order valence-electron chi connectivity index (χ0n) is 23.5. The summed E-state index contributed by atoms with van der Waals surface area (Å²) in [5.74, 6) is 0.727. The zero-order valence-corrected chi connectivity index (χ0v) is 23.5. The molecular weight excluding hydrogens is 504 g/mol. The highest BCUT2D eigenvalue weighted by Crippen LogP contribution is 2.74. The molecule has 9 nitrogen and oxygen atoms in total. The van der Waals surface area contributed by atoms with Crippen molar-refractivity contribution in [3.05, 3.63) is 11.6 Å². The van der Waals surface area contributed by atoms with Gasteiger partial charge in [0.25, 0.3) is 0 Å². The molecule has 0 aromatic rings. The van der Waals surface area contributed by atoms with Gasteiger partial charge in [-0.05, 0) is 86.5 Å². The second-order valence-electron chi connectivity index (χ2n) is 14.0. The van der Waals surface area contributed by atoms with Crippen LogP contribution in [0.2, 0.25) is 0 Å². The van der Waals surface area contributed by atoms with Crippen LogP contribution in [0.25, 0.3) is 0 Å². The van der Waals surface area contributed by atoms with Crippen molar-refractivity contribution in [3.63, 3.8) is 0 Å². The molecule has 7 aliphatic rings. The van der Waals surface area contributed by atoms with Crippen LogP contribution in [0.1, 0.15) is 65.7 Å². The van der Waals surface area contributed by atoms with Crippen LogP contribution in [-0.4, -0.2) is 89.6 Å². The van der Waals surface area contributed by atoms with Gasteiger partial charge in [0, 0.05) is 18.6 Å². The lowest BCUT2D eigenvalue weighted by molar-refractivity contribution is -0.313. The minimum absolute atomic E-state index is 0.00192. The Balaban J connectivity index is 1.09. The number of methoxy groups -OCH3 is 1. The van der Waals surface area contributed by atoms with Crippen LogP contribution in [0.5, 0.6) is 0 Å². The second kappa shape index (κ2) is 8.96. The van der Waals surface area contributed by atoms with E-state index in [-0.39, 0.29) is 41.5 Å². The van der Waals surface area contributed by atoms with Crippen LogP contribution >= 0.6 is 0 Å². The summed E-state index contributed by atoms with van der Waals surface area (Å²) in [7, 11) is 1.48. The summed E-state index contributed by atoms with van der Waals surface area (Å²) in [6.45, 7) is 6.71. The van der Waals surface area contributed by atoms with E-state index in [1.165, 1.54) is 7.11 Å². The SMILES string of the molecule is CO[C@H]1[C@H](O)[C@H](O[C@H]2CC[C@]3(C)C4C(CC[C@@H]3C2)[C@@]2(O)CC[C@@H](C3=CC(=O)OC3)[C@@]2(C)[C@H]2O[C@@H]42)O[C@@H](C)[C@@H]1O. The fourth-order valence-electron chi connectivity index (χ4n) is 10.4. The Morgan fingerprint density at radius 3 is 2.56 bits per heavy atom. The molecule has 2 unspecified atom stereocenters. The molecule has 4 aliphatic carbocycles. The lowest BCUT2D eigenvalue weighted by Gasteiger charge is -2.62. The van der Waals surface area contributed by atoms with Crippen molar-refractivity contribution in [2.24, 2.45) is 34.5 Å². The molecule has 2 saturated heterocycles. The molecule has 0 aromatic heterocycles. The number of fused-ring (bicyclic) bond motifs is 8. The molecule has 39 heavy (non-hydrogen) atoms. The summed E-state index contributed by atoms with van der Waals surface area (Å²) in [6, 6.07) is 0. The summed E-state index contributed by atoms with van der Waals surface area (Å²) >= 11 is 0. The number of aliphatic hydroxyl groups is 3. The quantitative estimate of drug-likeness (QED) is 0.275. The largest absolute Gasteiger partial charge is 0.458 e. The van der Waals surface area contributed by atoms with Gasteiger partial charge in [0.15, 0.2) is 6.29 Å². The third kappa shape index (κ3) is 3.60. The Morgan fingerprint density at radius 1 is 1.05 bits per heavy atom. The third-order valence-electron chi connectivity index (χ3n) is 12.6. The van der Waals surface area contributed by atoms with E-state index in [0.717, 1.165) is 50.5 Å². The number of aliphatic hydroxyl groups excluding tert-OH is 2. The van der Waals surface area contributed by atoms with E-state index in [4.69, 9.17) is 23.7 Å². The minimum atomic E-state index is -1.05. The molecule has 0 spiro atoms. The van der Waals surface area contributed by atoms with E-state index in [2.05, 4.69) is 13.8 Å². The van der Waals surface area contributed by atoms with E-state index in [0.29, 0.717) is 18.4 Å². The average Bonchev–Trinajstić information content (AvgIpc) is 3.51. The number of carbonyl (C=O) groups is 1. The van der Waals surface area contributed by atoms with Gasteiger partial charge in [-0.15, -0.1) is 0 Å². The first-order valence-corrected chi connectivity index (χ1v) is 15.0. The average molecular weight is 549 g/mol. The molecule has 3 heterocycles. The smallest absolute Gasteiger partial charge is 0.331 e. The first-order chi connectivity index (χ1) is 18.5. The van der Waals surface area contributed by atoms with Crippen molar-refractivity contribution in [1.82, 2.24) is 0 Å². The molecular formula is C30H44O9. The van der Waals surface area contributed by atoms with Crippen LogP contribution in [-0.2, 0) is 28.5 Å². The van der Waals surface area contributed by atoms with Crippen molar-refractivity contribution < 1.29 is 43.8 Å². The van der Waals surface area contributed by atoms with Gasteiger partial charge in [0.2, 0.25) is 0 Å². The Labute approximate surface area is 230 Å². The fraction of sp³-hybridized carbons (Fsp3) is 0.900.